The van der Waals surface area contributed by atoms with E-state index in [9.17, 15) is 4.79 Å². The molecule has 0 aliphatic carbocycles. The van der Waals surface area contributed by atoms with Gasteiger partial charge in [-0.1, -0.05) is 17.7 Å². The van der Waals surface area contributed by atoms with E-state index >= 15 is 0 Å². The molecule has 0 heterocycles. The number of methoxy groups -OCH3 is 1. The van der Waals surface area contributed by atoms with E-state index in [1.807, 2.05) is 6.07 Å². The van der Waals surface area contributed by atoms with Crippen molar-refractivity contribution in [3.05, 3.63) is 52.5 Å². The molecular weight excluding hydrogens is 290 g/mol. The van der Waals surface area contributed by atoms with Crippen LogP contribution in [0.2, 0.25) is 5.02 Å². The minimum atomic E-state index is -0.505. The highest BCUT2D eigenvalue weighted by molar-refractivity contribution is 6.33. The standard InChI is InChI=1S/C15H12ClN3O2/c1-21-15(20)10-3-2-4-12(18)14(10)19-13-6-5-9(8-17)7-11(13)16/h2-7,19H,18H2,1H3. The molecule has 2 rings (SSSR count). The van der Waals surface area contributed by atoms with Gasteiger partial charge in [0.15, 0.2) is 0 Å². The van der Waals surface area contributed by atoms with E-state index in [2.05, 4.69) is 5.32 Å². The number of nitriles is 1. The van der Waals surface area contributed by atoms with E-state index in [4.69, 9.17) is 27.3 Å². The Hall–Kier alpha value is -2.71. The van der Waals surface area contributed by atoms with Gasteiger partial charge in [-0.2, -0.15) is 5.26 Å². The first kappa shape index (κ1) is 14.7. The van der Waals surface area contributed by atoms with Crippen molar-refractivity contribution in [2.45, 2.75) is 0 Å². The fourth-order valence-corrected chi connectivity index (χ4v) is 2.04. The normalized spacial score (nSPS) is 9.76. The van der Waals surface area contributed by atoms with Crippen molar-refractivity contribution in [2.75, 3.05) is 18.2 Å². The molecule has 0 aliphatic heterocycles. The predicted molar refractivity (Wildman–Crippen MR) is 81.6 cm³/mol. The highest BCUT2D eigenvalue weighted by Crippen LogP contribution is 2.31. The number of rotatable bonds is 3. The molecule has 0 bridgehead atoms. The van der Waals surface area contributed by atoms with Crippen LogP contribution in [0.3, 0.4) is 0 Å². The maximum Gasteiger partial charge on any atom is 0.340 e. The number of nitrogen functional groups attached to an aromatic ring is 1. The summed E-state index contributed by atoms with van der Waals surface area (Å²) in [5, 5.41) is 12.2. The predicted octanol–water partition coefficient (Wildman–Crippen LogP) is 3.32. The van der Waals surface area contributed by atoms with Gasteiger partial charge in [-0.15, -0.1) is 0 Å². The summed E-state index contributed by atoms with van der Waals surface area (Å²) in [5.74, 6) is -0.505. The number of nitrogens with one attached hydrogen (secondary N) is 1. The van der Waals surface area contributed by atoms with Crippen LogP contribution in [0.1, 0.15) is 15.9 Å². The van der Waals surface area contributed by atoms with Crippen molar-refractivity contribution in [2.24, 2.45) is 0 Å². The van der Waals surface area contributed by atoms with Crippen LogP contribution in [0.4, 0.5) is 17.1 Å². The van der Waals surface area contributed by atoms with Gasteiger partial charge >= 0.3 is 5.97 Å². The summed E-state index contributed by atoms with van der Waals surface area (Å²) in [6.07, 6.45) is 0. The van der Waals surface area contributed by atoms with Crippen LogP contribution in [0, 0.1) is 11.3 Å². The molecule has 0 fully saturated rings. The van der Waals surface area contributed by atoms with E-state index in [-0.39, 0.29) is 0 Å². The zero-order valence-electron chi connectivity index (χ0n) is 11.2. The third-order valence-electron chi connectivity index (χ3n) is 2.86. The first-order chi connectivity index (χ1) is 10.1. The molecule has 0 radical (unpaired) electrons. The number of nitrogens with zero attached hydrogens (tertiary/aromatic N) is 1. The summed E-state index contributed by atoms with van der Waals surface area (Å²) in [6, 6.07) is 11.7. The first-order valence-corrected chi connectivity index (χ1v) is 6.38. The molecule has 0 amide bonds. The molecule has 0 aliphatic rings. The van der Waals surface area contributed by atoms with Crippen LogP contribution in [0.15, 0.2) is 36.4 Å². The number of halogens is 1. The zero-order chi connectivity index (χ0) is 15.4. The third kappa shape index (κ3) is 3.07. The molecule has 0 saturated carbocycles. The Labute approximate surface area is 126 Å². The summed E-state index contributed by atoms with van der Waals surface area (Å²) < 4.78 is 4.73. The van der Waals surface area contributed by atoms with Crippen LogP contribution in [-0.2, 0) is 4.74 Å². The molecule has 0 spiro atoms. The van der Waals surface area contributed by atoms with E-state index in [1.54, 1.807) is 30.3 Å². The lowest BCUT2D eigenvalue weighted by Gasteiger charge is -2.14. The molecule has 106 valence electrons. The number of para-hydroxylation sites is 1. The summed E-state index contributed by atoms with van der Waals surface area (Å²) in [6.45, 7) is 0. The average Bonchev–Trinajstić information content (AvgIpc) is 2.50. The van der Waals surface area contributed by atoms with Gasteiger partial charge < -0.3 is 15.8 Å². The van der Waals surface area contributed by atoms with Crippen molar-refractivity contribution in [3.8, 4) is 6.07 Å². The highest BCUT2D eigenvalue weighted by atomic mass is 35.5. The van der Waals surface area contributed by atoms with Gasteiger partial charge in [0.1, 0.15) is 0 Å². The number of hydrogen-bond acceptors (Lipinski definition) is 5. The Bertz CT molecular complexity index is 738. The minimum absolute atomic E-state index is 0.304. The smallest absolute Gasteiger partial charge is 0.340 e. The van der Waals surface area contributed by atoms with Crippen molar-refractivity contribution >= 4 is 34.6 Å². The number of carbonyl (C=O) groups excluding carboxylic acids is 1. The molecule has 0 unspecified atom stereocenters. The molecule has 5 nitrogen and oxygen atoms in total. The number of hydrogen-bond donors (Lipinski definition) is 2. The second kappa shape index (κ2) is 6.16. The number of benzene rings is 2. The molecule has 2 aromatic rings. The van der Waals surface area contributed by atoms with E-state index < -0.39 is 5.97 Å². The maximum absolute atomic E-state index is 11.8. The van der Waals surface area contributed by atoms with Crippen LogP contribution in [-0.4, -0.2) is 13.1 Å². The summed E-state index contributed by atoms with van der Waals surface area (Å²) in [5.41, 5.74) is 7.99. The SMILES string of the molecule is COC(=O)c1cccc(N)c1Nc1ccc(C#N)cc1Cl. The minimum Gasteiger partial charge on any atom is -0.465 e. The number of ether oxygens (including phenoxy) is 1. The second-order valence-corrected chi connectivity index (χ2v) is 4.60. The van der Waals surface area contributed by atoms with Crippen molar-refractivity contribution < 1.29 is 9.53 Å². The molecule has 0 atom stereocenters. The summed E-state index contributed by atoms with van der Waals surface area (Å²) in [4.78, 5) is 11.8. The van der Waals surface area contributed by atoms with Crippen LogP contribution >= 0.6 is 11.6 Å². The highest BCUT2D eigenvalue weighted by Gasteiger charge is 2.15. The van der Waals surface area contributed by atoms with Crippen molar-refractivity contribution in [3.63, 3.8) is 0 Å². The Kier molecular flexibility index (Phi) is 4.31. The average molecular weight is 302 g/mol. The first-order valence-electron chi connectivity index (χ1n) is 6.00. The Balaban J connectivity index is 2.45. The number of esters is 1. The third-order valence-corrected chi connectivity index (χ3v) is 3.17. The van der Waals surface area contributed by atoms with Gasteiger partial charge in [-0.05, 0) is 30.3 Å². The van der Waals surface area contributed by atoms with Crippen LogP contribution < -0.4 is 11.1 Å². The van der Waals surface area contributed by atoms with E-state index in [0.717, 1.165) is 0 Å². The van der Waals surface area contributed by atoms with E-state index in [1.165, 1.54) is 13.2 Å². The summed E-state index contributed by atoms with van der Waals surface area (Å²) in [7, 11) is 1.30. The maximum atomic E-state index is 11.8. The molecular formula is C15H12ClN3O2. The van der Waals surface area contributed by atoms with Gasteiger partial charge in [0, 0.05) is 0 Å². The van der Waals surface area contributed by atoms with Crippen LogP contribution in [0.25, 0.3) is 0 Å². The molecule has 6 heteroatoms. The lowest BCUT2D eigenvalue weighted by molar-refractivity contribution is 0.0602. The molecule has 0 saturated heterocycles. The number of carbonyl (C=O) groups is 1. The van der Waals surface area contributed by atoms with Crippen molar-refractivity contribution in [1.82, 2.24) is 0 Å². The van der Waals surface area contributed by atoms with E-state index in [0.29, 0.717) is 33.2 Å². The van der Waals surface area contributed by atoms with Gasteiger partial charge in [0.05, 0.1) is 46.4 Å². The largest absolute Gasteiger partial charge is 0.465 e. The van der Waals surface area contributed by atoms with Gasteiger partial charge in [-0.3, -0.25) is 0 Å². The zero-order valence-corrected chi connectivity index (χ0v) is 11.9. The summed E-state index contributed by atoms with van der Waals surface area (Å²) >= 11 is 6.11. The molecule has 21 heavy (non-hydrogen) atoms. The lowest BCUT2D eigenvalue weighted by Crippen LogP contribution is -2.08. The van der Waals surface area contributed by atoms with Crippen LogP contribution in [0.5, 0.6) is 0 Å². The Morgan fingerprint density at radius 3 is 2.76 bits per heavy atom. The lowest BCUT2D eigenvalue weighted by atomic mass is 10.1. The number of nitrogens with two attached hydrogens (primary N) is 1. The van der Waals surface area contributed by atoms with Gasteiger partial charge in [0.25, 0.3) is 0 Å². The molecule has 2 aromatic carbocycles. The Morgan fingerprint density at radius 2 is 2.14 bits per heavy atom. The Morgan fingerprint density at radius 1 is 1.38 bits per heavy atom. The second-order valence-electron chi connectivity index (χ2n) is 4.19. The van der Waals surface area contributed by atoms with Gasteiger partial charge in [-0.25, -0.2) is 4.79 Å². The molecule has 0 aromatic heterocycles. The monoisotopic (exact) mass is 301 g/mol. The fraction of sp³-hybridized carbons (Fsp3) is 0.0667. The topological polar surface area (TPSA) is 88.1 Å². The van der Waals surface area contributed by atoms with Gasteiger partial charge in [0.2, 0.25) is 0 Å². The fourth-order valence-electron chi connectivity index (χ4n) is 1.81. The molecule has 3 N–H and O–H groups in total. The number of anilines is 3. The quantitative estimate of drug-likeness (QED) is 0.670. The van der Waals surface area contributed by atoms with Crippen molar-refractivity contribution in [1.29, 1.82) is 5.26 Å².